The molecule has 3 rings (SSSR count). The number of carbonyl (C=O) groups is 3. The van der Waals surface area contributed by atoms with Gasteiger partial charge in [0, 0.05) is 50.5 Å². The molecule has 0 bridgehead atoms. The molecule has 8 nitrogen and oxygen atoms in total. The Balaban J connectivity index is 1.56. The zero-order chi connectivity index (χ0) is 25.8. The number of rotatable bonds is 7. The highest BCUT2D eigenvalue weighted by Crippen LogP contribution is 2.33. The molecule has 0 saturated carbocycles. The summed E-state index contributed by atoms with van der Waals surface area (Å²) in [6.07, 6.45) is 3.92. The number of hydrogen-bond donors (Lipinski definition) is 0. The summed E-state index contributed by atoms with van der Waals surface area (Å²) in [5.74, 6) is -4.02. The molecule has 2 aliphatic heterocycles. The van der Waals surface area contributed by atoms with Crippen LogP contribution in [0.5, 0.6) is 0 Å². The molecule has 1 aromatic rings. The summed E-state index contributed by atoms with van der Waals surface area (Å²) in [4.78, 5) is 44.6. The first kappa shape index (κ1) is 26.5. The van der Waals surface area contributed by atoms with Gasteiger partial charge in [-0.1, -0.05) is 0 Å². The molecule has 35 heavy (non-hydrogen) atoms. The second-order valence-electron chi connectivity index (χ2n) is 10.3. The third kappa shape index (κ3) is 7.20. The zero-order valence-corrected chi connectivity index (χ0v) is 20.4. The molecule has 0 spiro atoms. The minimum absolute atomic E-state index is 0.148. The SMILES string of the molecule is CC(C)(C)OC(=O)CC1CCN(c2cnccc2C(=O)CCC(=O)N2CC(F)(F)C[C@H]2C#N)CC1. The van der Waals surface area contributed by atoms with Crippen molar-refractivity contribution in [2.75, 3.05) is 24.5 Å². The Labute approximate surface area is 204 Å². The molecule has 0 aliphatic carbocycles. The maximum atomic E-state index is 13.6. The lowest BCUT2D eigenvalue weighted by atomic mass is 9.92. The van der Waals surface area contributed by atoms with Crippen LogP contribution in [0.3, 0.4) is 0 Å². The standard InChI is InChI=1S/C25H32F2N4O4/c1-24(2,3)35-23(34)12-17-7-10-30(11-8-17)20-15-29-9-6-19(20)21(32)4-5-22(33)31-16-25(26,27)13-18(31)14-28/h6,9,15,17-18H,4-5,7-8,10-13,16H2,1-3H3/t18-/m0/s1. The molecule has 190 valence electrons. The van der Waals surface area contributed by atoms with Gasteiger partial charge in [-0.3, -0.25) is 19.4 Å². The van der Waals surface area contributed by atoms with Crippen LogP contribution in [0.2, 0.25) is 0 Å². The van der Waals surface area contributed by atoms with Crippen molar-refractivity contribution in [2.24, 2.45) is 5.92 Å². The van der Waals surface area contributed by atoms with Crippen LogP contribution >= 0.6 is 0 Å². The number of hydrogen-bond acceptors (Lipinski definition) is 7. The molecule has 0 unspecified atom stereocenters. The Morgan fingerprint density at radius 3 is 2.54 bits per heavy atom. The fourth-order valence-electron chi connectivity index (χ4n) is 4.56. The van der Waals surface area contributed by atoms with Gasteiger partial charge >= 0.3 is 5.97 Å². The van der Waals surface area contributed by atoms with Gasteiger partial charge in [0.1, 0.15) is 11.6 Å². The van der Waals surface area contributed by atoms with Gasteiger partial charge < -0.3 is 14.5 Å². The van der Waals surface area contributed by atoms with Crippen molar-refractivity contribution in [3.63, 3.8) is 0 Å². The van der Waals surface area contributed by atoms with E-state index in [0.29, 0.717) is 30.8 Å². The van der Waals surface area contributed by atoms with E-state index in [2.05, 4.69) is 4.98 Å². The molecule has 2 aliphatic rings. The smallest absolute Gasteiger partial charge is 0.306 e. The number of esters is 1. The number of aromatic nitrogens is 1. The summed E-state index contributed by atoms with van der Waals surface area (Å²) in [6, 6.07) is 2.16. The number of nitrogens with zero attached hydrogens (tertiary/aromatic N) is 4. The van der Waals surface area contributed by atoms with Gasteiger partial charge in [0.15, 0.2) is 5.78 Å². The quantitative estimate of drug-likeness (QED) is 0.424. The molecule has 0 radical (unpaired) electrons. The van der Waals surface area contributed by atoms with Crippen LogP contribution in [0.25, 0.3) is 0 Å². The average Bonchev–Trinajstić information content (AvgIpc) is 3.11. The minimum Gasteiger partial charge on any atom is -0.460 e. The number of anilines is 1. The number of piperidine rings is 1. The molecule has 0 N–H and O–H groups in total. The van der Waals surface area contributed by atoms with E-state index in [9.17, 15) is 23.2 Å². The maximum absolute atomic E-state index is 13.6. The Morgan fingerprint density at radius 2 is 1.91 bits per heavy atom. The molecule has 10 heteroatoms. The van der Waals surface area contributed by atoms with Crippen LogP contribution < -0.4 is 4.90 Å². The number of Topliss-reactive ketones (excluding diaryl/α,β-unsaturated/α-hetero) is 1. The predicted octanol–water partition coefficient (Wildman–Crippen LogP) is 3.75. The molecule has 2 fully saturated rings. The van der Waals surface area contributed by atoms with Crippen LogP contribution in [0.15, 0.2) is 18.5 Å². The first-order valence-electron chi connectivity index (χ1n) is 11.9. The highest BCUT2D eigenvalue weighted by Gasteiger charge is 2.47. The highest BCUT2D eigenvalue weighted by molar-refractivity contribution is 6.02. The maximum Gasteiger partial charge on any atom is 0.306 e. The molecule has 1 amide bonds. The van der Waals surface area contributed by atoms with Crippen molar-refractivity contribution < 1.29 is 27.9 Å². The third-order valence-corrected chi connectivity index (χ3v) is 6.24. The topological polar surface area (TPSA) is 104 Å². The number of halogens is 2. The Morgan fingerprint density at radius 1 is 1.23 bits per heavy atom. The van der Waals surface area contributed by atoms with Crippen molar-refractivity contribution in [1.29, 1.82) is 5.26 Å². The zero-order valence-electron chi connectivity index (χ0n) is 20.4. The van der Waals surface area contributed by atoms with Crippen molar-refractivity contribution in [3.8, 4) is 6.07 Å². The van der Waals surface area contributed by atoms with Gasteiger partial charge in [-0.05, 0) is 45.6 Å². The number of ketones is 1. The summed E-state index contributed by atoms with van der Waals surface area (Å²) in [5.41, 5.74) is 0.556. The summed E-state index contributed by atoms with van der Waals surface area (Å²) in [6.45, 7) is 6.01. The third-order valence-electron chi connectivity index (χ3n) is 6.24. The average molecular weight is 491 g/mol. The number of nitriles is 1. The van der Waals surface area contributed by atoms with Gasteiger partial charge in [0.25, 0.3) is 5.92 Å². The highest BCUT2D eigenvalue weighted by atomic mass is 19.3. The largest absolute Gasteiger partial charge is 0.460 e. The molecule has 0 aromatic carbocycles. The van der Waals surface area contributed by atoms with E-state index in [1.807, 2.05) is 25.7 Å². The van der Waals surface area contributed by atoms with Gasteiger partial charge in [0.2, 0.25) is 5.91 Å². The van der Waals surface area contributed by atoms with E-state index >= 15 is 0 Å². The van der Waals surface area contributed by atoms with E-state index in [-0.39, 0.29) is 30.5 Å². The monoisotopic (exact) mass is 490 g/mol. The van der Waals surface area contributed by atoms with E-state index in [0.717, 1.165) is 17.7 Å². The van der Waals surface area contributed by atoms with E-state index in [1.54, 1.807) is 18.3 Å². The fourth-order valence-corrected chi connectivity index (χ4v) is 4.56. The Kier molecular flexibility index (Phi) is 8.08. The second-order valence-corrected chi connectivity index (χ2v) is 10.3. The van der Waals surface area contributed by atoms with Gasteiger partial charge in [-0.25, -0.2) is 8.78 Å². The summed E-state index contributed by atoms with van der Waals surface area (Å²) in [7, 11) is 0. The van der Waals surface area contributed by atoms with Crippen LogP contribution in [0.4, 0.5) is 14.5 Å². The number of pyridine rings is 1. The van der Waals surface area contributed by atoms with Crippen LogP contribution in [0, 0.1) is 17.2 Å². The molecule has 2 saturated heterocycles. The predicted molar refractivity (Wildman–Crippen MR) is 124 cm³/mol. The van der Waals surface area contributed by atoms with Gasteiger partial charge in [0.05, 0.1) is 24.5 Å². The van der Waals surface area contributed by atoms with Gasteiger partial charge in [-0.15, -0.1) is 0 Å². The number of ether oxygens (including phenoxy) is 1. The molecular weight excluding hydrogens is 458 g/mol. The van der Waals surface area contributed by atoms with Gasteiger partial charge in [-0.2, -0.15) is 5.26 Å². The number of likely N-dealkylation sites (tertiary alicyclic amines) is 1. The number of carbonyl (C=O) groups excluding carboxylic acids is 3. The summed E-state index contributed by atoms with van der Waals surface area (Å²) in [5, 5.41) is 9.09. The van der Waals surface area contributed by atoms with E-state index in [1.165, 1.54) is 6.20 Å². The van der Waals surface area contributed by atoms with Crippen LogP contribution in [-0.4, -0.2) is 64.7 Å². The molecule has 1 aromatic heterocycles. The van der Waals surface area contributed by atoms with E-state index in [4.69, 9.17) is 10.00 Å². The lowest BCUT2D eigenvalue weighted by Crippen LogP contribution is -2.36. The normalized spacial score (nSPS) is 20.4. The van der Waals surface area contributed by atoms with Crippen LogP contribution in [-0.2, 0) is 14.3 Å². The van der Waals surface area contributed by atoms with E-state index < -0.39 is 36.4 Å². The Hall–Kier alpha value is -3.09. The lowest BCUT2D eigenvalue weighted by Gasteiger charge is -2.34. The first-order valence-corrected chi connectivity index (χ1v) is 11.9. The van der Waals surface area contributed by atoms with Crippen molar-refractivity contribution in [3.05, 3.63) is 24.0 Å². The Bertz CT molecular complexity index is 994. The lowest BCUT2D eigenvalue weighted by molar-refractivity contribution is -0.156. The minimum atomic E-state index is -3.09. The van der Waals surface area contributed by atoms with Crippen LogP contribution in [0.1, 0.15) is 69.7 Å². The van der Waals surface area contributed by atoms with Crippen molar-refractivity contribution in [2.45, 2.75) is 76.9 Å². The molecule has 1 atom stereocenters. The van der Waals surface area contributed by atoms with Crippen molar-refractivity contribution >= 4 is 23.3 Å². The molecule has 3 heterocycles. The molecular formula is C25H32F2N4O4. The number of amides is 1. The first-order chi connectivity index (χ1) is 16.4. The fraction of sp³-hybridized carbons (Fsp3) is 0.640. The summed E-state index contributed by atoms with van der Waals surface area (Å²) >= 11 is 0. The summed E-state index contributed by atoms with van der Waals surface area (Å²) < 4.78 is 32.7. The second kappa shape index (κ2) is 10.7. The number of alkyl halides is 2. The van der Waals surface area contributed by atoms with Crippen molar-refractivity contribution in [1.82, 2.24) is 9.88 Å².